The summed E-state index contributed by atoms with van der Waals surface area (Å²) in [5.74, 6) is 0.0436. The van der Waals surface area contributed by atoms with Crippen LogP contribution in [0, 0.1) is 13.8 Å². The second-order valence-electron chi connectivity index (χ2n) is 8.04. The number of amides is 2. The fourth-order valence-corrected chi connectivity index (χ4v) is 3.98. The molecule has 0 aromatic heterocycles. The van der Waals surface area contributed by atoms with E-state index in [0.717, 1.165) is 16.9 Å². The summed E-state index contributed by atoms with van der Waals surface area (Å²) in [7, 11) is 0. The number of hydrogen-bond donors (Lipinski definition) is 2. The van der Waals surface area contributed by atoms with Crippen molar-refractivity contribution in [2.45, 2.75) is 52.2 Å². The van der Waals surface area contributed by atoms with E-state index in [0.29, 0.717) is 19.6 Å². The van der Waals surface area contributed by atoms with Gasteiger partial charge in [-0.25, -0.2) is 5.48 Å². The van der Waals surface area contributed by atoms with E-state index in [1.807, 2.05) is 31.2 Å². The molecule has 1 fully saturated rings. The number of ether oxygens (including phenoxy) is 1. The molecule has 0 bridgehead atoms. The van der Waals surface area contributed by atoms with E-state index >= 15 is 0 Å². The number of carbonyl (C=O) groups excluding carboxylic acids is 2. The molecule has 1 saturated heterocycles. The monoisotopic (exact) mass is 396 g/mol. The van der Waals surface area contributed by atoms with Crippen LogP contribution in [0.5, 0.6) is 5.75 Å². The van der Waals surface area contributed by atoms with Crippen LogP contribution in [0.15, 0.2) is 42.5 Å². The Labute approximate surface area is 171 Å². The summed E-state index contributed by atoms with van der Waals surface area (Å²) in [5, 5.41) is 8.84. The number of hydrogen-bond acceptors (Lipinski definition) is 4. The van der Waals surface area contributed by atoms with Crippen LogP contribution in [-0.2, 0) is 21.6 Å². The van der Waals surface area contributed by atoms with E-state index in [1.54, 1.807) is 12.4 Å². The topological polar surface area (TPSA) is 78.9 Å². The molecule has 1 aliphatic heterocycles. The van der Waals surface area contributed by atoms with Gasteiger partial charge in [0.1, 0.15) is 18.4 Å². The minimum atomic E-state index is -0.713. The van der Waals surface area contributed by atoms with Crippen molar-refractivity contribution < 1.29 is 19.5 Å². The molecule has 1 heterocycles. The number of rotatable bonds is 6. The van der Waals surface area contributed by atoms with Gasteiger partial charge in [-0.1, -0.05) is 41.5 Å². The van der Waals surface area contributed by atoms with Gasteiger partial charge in [0, 0.05) is 6.54 Å². The summed E-state index contributed by atoms with van der Waals surface area (Å²) < 4.78 is 5.91. The molecule has 2 N–H and O–H groups in total. The zero-order valence-corrected chi connectivity index (χ0v) is 17.4. The molecular weight excluding hydrogens is 368 g/mol. The molecular formula is C23H28N2O4. The zero-order valence-electron chi connectivity index (χ0n) is 17.4. The summed E-state index contributed by atoms with van der Waals surface area (Å²) in [6.07, 6.45) is 0.609. The second kappa shape index (κ2) is 8.25. The zero-order chi connectivity index (χ0) is 21.2. The van der Waals surface area contributed by atoms with E-state index in [9.17, 15) is 9.59 Å². The number of benzene rings is 2. The lowest BCUT2D eigenvalue weighted by molar-refractivity contribution is -0.143. The Morgan fingerprint density at radius 2 is 1.83 bits per heavy atom. The normalized spacial score (nSPS) is 19.9. The van der Waals surface area contributed by atoms with Gasteiger partial charge in [0.2, 0.25) is 5.91 Å². The molecule has 1 aliphatic rings. The maximum absolute atomic E-state index is 13.0. The predicted octanol–water partition coefficient (Wildman–Crippen LogP) is 3.27. The van der Waals surface area contributed by atoms with E-state index in [2.05, 4.69) is 32.0 Å². The third kappa shape index (κ3) is 4.27. The van der Waals surface area contributed by atoms with Gasteiger partial charge in [0.05, 0.1) is 5.41 Å². The molecule has 154 valence electrons. The van der Waals surface area contributed by atoms with Gasteiger partial charge in [-0.05, 0) is 57.4 Å². The minimum absolute atomic E-state index is 0.113. The van der Waals surface area contributed by atoms with Crippen molar-refractivity contribution >= 4 is 11.8 Å². The van der Waals surface area contributed by atoms with Crippen LogP contribution in [0.4, 0.5) is 0 Å². The smallest absolute Gasteiger partial charge is 0.265 e. The number of likely N-dealkylation sites (tertiary alicyclic amines) is 1. The Morgan fingerprint density at radius 3 is 2.41 bits per heavy atom. The van der Waals surface area contributed by atoms with E-state index < -0.39 is 17.4 Å². The van der Waals surface area contributed by atoms with Crippen molar-refractivity contribution in [2.75, 3.05) is 6.54 Å². The molecule has 2 aromatic rings. The Kier molecular flexibility index (Phi) is 5.94. The molecule has 0 spiro atoms. The molecule has 0 unspecified atom stereocenters. The highest BCUT2D eigenvalue weighted by molar-refractivity contribution is 5.94. The summed E-state index contributed by atoms with van der Waals surface area (Å²) in [6.45, 7) is 8.59. The molecule has 2 aromatic carbocycles. The second-order valence-corrected chi connectivity index (χ2v) is 8.04. The largest absolute Gasteiger partial charge is 0.489 e. The first kappa shape index (κ1) is 20.9. The van der Waals surface area contributed by atoms with Crippen molar-refractivity contribution in [1.82, 2.24) is 10.4 Å². The fourth-order valence-electron chi connectivity index (χ4n) is 3.98. The highest BCUT2D eigenvalue weighted by Crippen LogP contribution is 2.37. The SMILES string of the molecule is Cc1cc(C)cc(COc2ccc([C@@]3(C)CCN([C@H](C)C(=O)NO)C3=O)cc2)c1. The highest BCUT2D eigenvalue weighted by atomic mass is 16.5. The number of carbonyl (C=O) groups is 2. The van der Waals surface area contributed by atoms with E-state index in [4.69, 9.17) is 9.94 Å². The lowest BCUT2D eigenvalue weighted by Crippen LogP contribution is -2.47. The van der Waals surface area contributed by atoms with Crippen LogP contribution >= 0.6 is 0 Å². The first-order valence-electron chi connectivity index (χ1n) is 9.80. The van der Waals surface area contributed by atoms with Gasteiger partial charge in [-0.2, -0.15) is 0 Å². The maximum Gasteiger partial charge on any atom is 0.265 e. The molecule has 2 amide bonds. The lowest BCUT2D eigenvalue weighted by atomic mass is 9.81. The molecule has 6 heteroatoms. The summed E-state index contributed by atoms with van der Waals surface area (Å²) in [6, 6.07) is 13.2. The van der Waals surface area contributed by atoms with Crippen molar-refractivity contribution in [3.63, 3.8) is 0 Å². The molecule has 0 radical (unpaired) electrons. The van der Waals surface area contributed by atoms with Crippen LogP contribution in [0.25, 0.3) is 0 Å². The average Bonchev–Trinajstić information content (AvgIpc) is 3.00. The summed E-state index contributed by atoms with van der Waals surface area (Å²) in [4.78, 5) is 26.2. The lowest BCUT2D eigenvalue weighted by Gasteiger charge is -2.27. The van der Waals surface area contributed by atoms with Crippen LogP contribution in [-0.4, -0.2) is 34.5 Å². The standard InChI is InChI=1S/C23H28N2O4/c1-15-11-16(2)13-18(12-15)14-29-20-7-5-19(6-8-20)23(4)9-10-25(22(23)27)17(3)21(26)24-28/h5-8,11-13,17,28H,9-10,14H2,1-4H3,(H,24,26)/t17-,23-/m1/s1. The molecule has 0 saturated carbocycles. The first-order chi connectivity index (χ1) is 13.7. The molecule has 0 aliphatic carbocycles. The predicted molar refractivity (Wildman–Crippen MR) is 110 cm³/mol. The molecule has 29 heavy (non-hydrogen) atoms. The van der Waals surface area contributed by atoms with Gasteiger partial charge >= 0.3 is 0 Å². The van der Waals surface area contributed by atoms with Crippen molar-refractivity contribution in [3.05, 3.63) is 64.7 Å². The van der Waals surface area contributed by atoms with Crippen LogP contribution in [0.2, 0.25) is 0 Å². The first-order valence-corrected chi connectivity index (χ1v) is 9.80. The molecule has 2 atom stereocenters. The number of aryl methyl sites for hydroxylation is 2. The van der Waals surface area contributed by atoms with Crippen molar-refractivity contribution in [3.8, 4) is 5.75 Å². The van der Waals surface area contributed by atoms with Crippen LogP contribution in [0.1, 0.15) is 42.5 Å². The number of hydroxylamine groups is 1. The third-order valence-corrected chi connectivity index (χ3v) is 5.72. The minimum Gasteiger partial charge on any atom is -0.489 e. The molecule has 6 nitrogen and oxygen atoms in total. The van der Waals surface area contributed by atoms with Gasteiger partial charge in [0.25, 0.3) is 5.91 Å². The molecule has 3 rings (SSSR count). The van der Waals surface area contributed by atoms with Gasteiger partial charge < -0.3 is 9.64 Å². The number of nitrogens with zero attached hydrogens (tertiary/aromatic N) is 1. The summed E-state index contributed by atoms with van der Waals surface area (Å²) >= 11 is 0. The number of nitrogens with one attached hydrogen (secondary N) is 1. The average molecular weight is 396 g/mol. The van der Waals surface area contributed by atoms with Gasteiger partial charge in [0.15, 0.2) is 0 Å². The maximum atomic E-state index is 13.0. The van der Waals surface area contributed by atoms with Gasteiger partial charge in [-0.3, -0.25) is 14.8 Å². The quantitative estimate of drug-likeness (QED) is 0.580. The third-order valence-electron chi connectivity index (χ3n) is 5.72. The summed E-state index contributed by atoms with van der Waals surface area (Å²) in [5.41, 5.74) is 5.35. The van der Waals surface area contributed by atoms with Crippen molar-refractivity contribution in [2.24, 2.45) is 0 Å². The van der Waals surface area contributed by atoms with E-state index in [1.165, 1.54) is 16.0 Å². The van der Waals surface area contributed by atoms with Crippen LogP contribution < -0.4 is 10.2 Å². The van der Waals surface area contributed by atoms with Crippen molar-refractivity contribution in [1.29, 1.82) is 0 Å². The van der Waals surface area contributed by atoms with E-state index in [-0.39, 0.29) is 5.91 Å². The Hall–Kier alpha value is -2.86. The Balaban J connectivity index is 1.69. The van der Waals surface area contributed by atoms with Gasteiger partial charge in [-0.15, -0.1) is 0 Å². The Morgan fingerprint density at radius 1 is 1.21 bits per heavy atom. The highest BCUT2D eigenvalue weighted by Gasteiger charge is 2.46. The van der Waals surface area contributed by atoms with Crippen LogP contribution in [0.3, 0.4) is 0 Å². The Bertz CT molecular complexity index is 889. The fraction of sp³-hybridized carbons (Fsp3) is 0.391.